The third-order valence-electron chi connectivity index (χ3n) is 4.71. The van der Waals surface area contributed by atoms with Crippen LogP contribution in [-0.4, -0.2) is 17.2 Å². The zero-order valence-electron chi connectivity index (χ0n) is 13.3. The lowest BCUT2D eigenvalue weighted by atomic mass is 9.91. The molecule has 0 aliphatic heterocycles. The minimum Gasteiger partial charge on any atom is -0.387 e. The standard InChI is InChI=1S/C18H29NO/c1-12(2)17(19-16-7-5-6-8-16)18(20)15-10-9-13(3)14(4)11-15/h9-12,16-20H,5-8H2,1-4H3. The average Bonchev–Trinajstić information content (AvgIpc) is 2.91. The van der Waals surface area contributed by atoms with Gasteiger partial charge in [0.1, 0.15) is 0 Å². The maximum absolute atomic E-state index is 10.8. The fourth-order valence-electron chi connectivity index (χ4n) is 3.17. The van der Waals surface area contributed by atoms with Crippen LogP contribution >= 0.6 is 0 Å². The third-order valence-corrected chi connectivity index (χ3v) is 4.71. The Labute approximate surface area is 123 Å². The highest BCUT2D eigenvalue weighted by atomic mass is 16.3. The van der Waals surface area contributed by atoms with Gasteiger partial charge in [0.25, 0.3) is 0 Å². The highest BCUT2D eigenvalue weighted by Gasteiger charge is 2.27. The van der Waals surface area contributed by atoms with Gasteiger partial charge in [0, 0.05) is 12.1 Å². The zero-order chi connectivity index (χ0) is 14.7. The minimum absolute atomic E-state index is 0.139. The monoisotopic (exact) mass is 275 g/mol. The Morgan fingerprint density at radius 2 is 1.75 bits per heavy atom. The fourth-order valence-corrected chi connectivity index (χ4v) is 3.17. The lowest BCUT2D eigenvalue weighted by molar-refractivity contribution is 0.0979. The molecule has 112 valence electrons. The summed E-state index contributed by atoms with van der Waals surface area (Å²) in [5.74, 6) is 0.423. The molecule has 0 saturated heterocycles. The maximum Gasteiger partial charge on any atom is 0.0945 e. The molecule has 0 radical (unpaired) electrons. The number of hydrogen-bond donors (Lipinski definition) is 2. The van der Waals surface area contributed by atoms with E-state index >= 15 is 0 Å². The number of aryl methyl sites for hydroxylation is 2. The SMILES string of the molecule is Cc1ccc(C(O)C(NC2CCCC2)C(C)C)cc1C. The van der Waals surface area contributed by atoms with E-state index < -0.39 is 6.10 Å². The summed E-state index contributed by atoms with van der Waals surface area (Å²) in [6.07, 6.45) is 4.73. The van der Waals surface area contributed by atoms with Gasteiger partial charge in [-0.3, -0.25) is 0 Å². The van der Waals surface area contributed by atoms with Crippen LogP contribution in [0.15, 0.2) is 18.2 Å². The van der Waals surface area contributed by atoms with Crippen molar-refractivity contribution >= 4 is 0 Å². The van der Waals surface area contributed by atoms with Crippen LogP contribution in [-0.2, 0) is 0 Å². The van der Waals surface area contributed by atoms with E-state index in [1.54, 1.807) is 0 Å². The van der Waals surface area contributed by atoms with Gasteiger partial charge in [-0.1, -0.05) is 44.9 Å². The Balaban J connectivity index is 2.12. The first kappa shape index (κ1) is 15.5. The predicted octanol–water partition coefficient (Wildman–Crippen LogP) is 3.89. The molecule has 1 aromatic rings. The van der Waals surface area contributed by atoms with Crippen LogP contribution < -0.4 is 5.32 Å². The number of aliphatic hydroxyl groups is 1. The molecule has 1 aliphatic carbocycles. The molecular formula is C18H29NO. The summed E-state index contributed by atoms with van der Waals surface area (Å²) < 4.78 is 0. The lowest BCUT2D eigenvalue weighted by Crippen LogP contribution is -2.44. The second-order valence-electron chi connectivity index (χ2n) is 6.71. The molecule has 20 heavy (non-hydrogen) atoms. The van der Waals surface area contributed by atoms with Gasteiger partial charge in [-0.25, -0.2) is 0 Å². The first-order valence-electron chi connectivity index (χ1n) is 8.00. The second-order valence-corrected chi connectivity index (χ2v) is 6.71. The number of aliphatic hydroxyl groups excluding tert-OH is 1. The molecule has 0 heterocycles. The molecule has 2 atom stereocenters. The quantitative estimate of drug-likeness (QED) is 0.854. The first-order chi connectivity index (χ1) is 9.49. The summed E-state index contributed by atoms with van der Waals surface area (Å²) >= 11 is 0. The molecule has 1 aromatic carbocycles. The van der Waals surface area contributed by atoms with E-state index in [-0.39, 0.29) is 6.04 Å². The van der Waals surface area contributed by atoms with Gasteiger partial charge in [0.15, 0.2) is 0 Å². The number of rotatable bonds is 5. The van der Waals surface area contributed by atoms with Crippen LogP contribution in [0.1, 0.15) is 62.3 Å². The van der Waals surface area contributed by atoms with Crippen molar-refractivity contribution < 1.29 is 5.11 Å². The van der Waals surface area contributed by atoms with Crippen molar-refractivity contribution in [3.8, 4) is 0 Å². The number of benzene rings is 1. The van der Waals surface area contributed by atoms with Crippen molar-refractivity contribution in [2.24, 2.45) is 5.92 Å². The largest absolute Gasteiger partial charge is 0.387 e. The Hall–Kier alpha value is -0.860. The molecule has 1 aliphatic rings. The van der Waals surface area contributed by atoms with Crippen LogP contribution in [0.4, 0.5) is 0 Å². The summed E-state index contributed by atoms with van der Waals surface area (Å²) in [7, 11) is 0. The molecule has 2 N–H and O–H groups in total. The van der Waals surface area contributed by atoms with Crippen molar-refractivity contribution in [1.29, 1.82) is 0 Å². The summed E-state index contributed by atoms with van der Waals surface area (Å²) in [6, 6.07) is 7.04. The van der Waals surface area contributed by atoms with Gasteiger partial charge >= 0.3 is 0 Å². The van der Waals surface area contributed by atoms with E-state index in [1.165, 1.54) is 36.8 Å². The Morgan fingerprint density at radius 3 is 2.30 bits per heavy atom. The molecule has 1 saturated carbocycles. The fraction of sp³-hybridized carbons (Fsp3) is 0.667. The van der Waals surface area contributed by atoms with Crippen molar-refractivity contribution in [1.82, 2.24) is 5.32 Å². The topological polar surface area (TPSA) is 32.3 Å². The second kappa shape index (κ2) is 6.73. The summed E-state index contributed by atoms with van der Waals surface area (Å²) in [6.45, 7) is 8.61. The van der Waals surface area contributed by atoms with Gasteiger partial charge in [-0.2, -0.15) is 0 Å². The highest BCUT2D eigenvalue weighted by molar-refractivity contribution is 5.31. The number of nitrogens with one attached hydrogen (secondary N) is 1. The zero-order valence-corrected chi connectivity index (χ0v) is 13.3. The van der Waals surface area contributed by atoms with Gasteiger partial charge in [0.05, 0.1) is 6.10 Å². The Kier molecular flexibility index (Phi) is 5.22. The molecule has 2 nitrogen and oxygen atoms in total. The van der Waals surface area contributed by atoms with Crippen LogP contribution in [0.2, 0.25) is 0 Å². The molecule has 0 aromatic heterocycles. The van der Waals surface area contributed by atoms with Crippen molar-refractivity contribution in [3.05, 3.63) is 34.9 Å². The summed E-state index contributed by atoms with van der Waals surface area (Å²) in [4.78, 5) is 0. The van der Waals surface area contributed by atoms with E-state index in [0.29, 0.717) is 12.0 Å². The Bertz CT molecular complexity index is 435. The first-order valence-corrected chi connectivity index (χ1v) is 8.00. The van der Waals surface area contributed by atoms with Gasteiger partial charge in [-0.15, -0.1) is 0 Å². The van der Waals surface area contributed by atoms with E-state index in [9.17, 15) is 5.11 Å². The van der Waals surface area contributed by atoms with Crippen molar-refractivity contribution in [3.63, 3.8) is 0 Å². The normalized spacial score (nSPS) is 19.5. The maximum atomic E-state index is 10.8. The van der Waals surface area contributed by atoms with E-state index in [4.69, 9.17) is 0 Å². The molecule has 2 unspecified atom stereocenters. The number of hydrogen-bond acceptors (Lipinski definition) is 2. The van der Waals surface area contributed by atoms with Crippen molar-refractivity contribution in [2.75, 3.05) is 0 Å². The molecular weight excluding hydrogens is 246 g/mol. The summed E-state index contributed by atoms with van der Waals surface area (Å²) in [5.41, 5.74) is 3.58. The molecule has 2 rings (SSSR count). The molecule has 0 bridgehead atoms. The molecule has 0 amide bonds. The predicted molar refractivity (Wildman–Crippen MR) is 84.9 cm³/mol. The molecule has 2 heteroatoms. The van der Waals surface area contributed by atoms with Crippen LogP contribution in [0.3, 0.4) is 0 Å². The molecule has 0 spiro atoms. The minimum atomic E-state index is -0.421. The third kappa shape index (κ3) is 3.62. The average molecular weight is 275 g/mol. The van der Waals surface area contributed by atoms with Crippen LogP contribution in [0.25, 0.3) is 0 Å². The van der Waals surface area contributed by atoms with Gasteiger partial charge in [-0.05, 0) is 49.3 Å². The van der Waals surface area contributed by atoms with E-state index in [2.05, 4.69) is 51.2 Å². The van der Waals surface area contributed by atoms with E-state index in [1.807, 2.05) is 0 Å². The van der Waals surface area contributed by atoms with Crippen LogP contribution in [0, 0.1) is 19.8 Å². The Morgan fingerprint density at radius 1 is 1.10 bits per heavy atom. The highest BCUT2D eigenvalue weighted by Crippen LogP contribution is 2.27. The van der Waals surface area contributed by atoms with Crippen molar-refractivity contribution in [2.45, 2.75) is 71.6 Å². The smallest absolute Gasteiger partial charge is 0.0945 e. The molecule has 1 fully saturated rings. The van der Waals surface area contributed by atoms with Gasteiger partial charge < -0.3 is 10.4 Å². The van der Waals surface area contributed by atoms with Gasteiger partial charge in [0.2, 0.25) is 0 Å². The van der Waals surface area contributed by atoms with Crippen LogP contribution in [0.5, 0.6) is 0 Å². The lowest BCUT2D eigenvalue weighted by Gasteiger charge is -2.31. The summed E-state index contributed by atoms with van der Waals surface area (Å²) in [5, 5.41) is 14.5. The van der Waals surface area contributed by atoms with E-state index in [0.717, 1.165) is 5.56 Å².